The smallest absolute Gasteiger partial charge is 0.411 e. The number of anilines is 1. The Kier molecular flexibility index (Phi) is 7.41. The van der Waals surface area contributed by atoms with Crippen LogP contribution in [0.4, 0.5) is 14.9 Å². The van der Waals surface area contributed by atoms with Crippen LogP contribution in [0, 0.1) is 28.5 Å². The second kappa shape index (κ2) is 10.0. The van der Waals surface area contributed by atoms with Crippen molar-refractivity contribution in [3.63, 3.8) is 0 Å². The van der Waals surface area contributed by atoms with Crippen molar-refractivity contribution in [1.82, 2.24) is 4.90 Å². The number of nitrogens with zero attached hydrogens (tertiary/aromatic N) is 1. The maximum absolute atomic E-state index is 13.5. The average molecular weight is 493 g/mol. The van der Waals surface area contributed by atoms with E-state index in [1.54, 1.807) is 11.0 Å². The number of carbonyl (C=O) groups excluding carboxylic acids is 2. The van der Waals surface area contributed by atoms with Crippen LogP contribution in [0.3, 0.4) is 0 Å². The molecule has 0 aromatic heterocycles. The predicted molar refractivity (Wildman–Crippen MR) is 127 cm³/mol. The Balaban J connectivity index is 1.49. The molecule has 0 spiro atoms. The van der Waals surface area contributed by atoms with Crippen molar-refractivity contribution >= 4 is 17.7 Å². The van der Waals surface area contributed by atoms with Crippen LogP contribution < -0.4 is 5.32 Å². The van der Waals surface area contributed by atoms with Gasteiger partial charge >= 0.3 is 6.09 Å². The summed E-state index contributed by atoms with van der Waals surface area (Å²) in [6.07, 6.45) is 0.589. The van der Waals surface area contributed by atoms with Crippen molar-refractivity contribution in [1.29, 1.82) is 0 Å². The molecule has 3 fully saturated rings. The minimum atomic E-state index is -0.766. The van der Waals surface area contributed by atoms with Crippen LogP contribution in [0.1, 0.15) is 52.4 Å². The van der Waals surface area contributed by atoms with Gasteiger partial charge in [-0.15, -0.1) is 0 Å². The molecule has 1 aliphatic heterocycles. The molecular formula is C26H37FN2O6. The van der Waals surface area contributed by atoms with Crippen LogP contribution >= 0.6 is 0 Å². The van der Waals surface area contributed by atoms with Gasteiger partial charge in [-0.1, -0.05) is 19.9 Å². The Morgan fingerprint density at radius 1 is 1.20 bits per heavy atom. The number of halogens is 1. The molecule has 9 heteroatoms. The fourth-order valence-corrected chi connectivity index (χ4v) is 6.91. The third-order valence-corrected chi connectivity index (χ3v) is 8.91. The van der Waals surface area contributed by atoms with E-state index in [0.717, 1.165) is 0 Å². The van der Waals surface area contributed by atoms with E-state index in [1.165, 1.54) is 18.2 Å². The van der Waals surface area contributed by atoms with Gasteiger partial charge in [-0.25, -0.2) is 9.18 Å². The Morgan fingerprint density at radius 2 is 1.97 bits per heavy atom. The molecule has 2 amide bonds. The highest BCUT2D eigenvalue weighted by atomic mass is 19.1. The van der Waals surface area contributed by atoms with E-state index >= 15 is 0 Å². The summed E-state index contributed by atoms with van der Waals surface area (Å²) >= 11 is 0. The Morgan fingerprint density at radius 3 is 2.63 bits per heavy atom. The molecule has 2 saturated carbocycles. The molecule has 0 radical (unpaired) electrons. The van der Waals surface area contributed by atoms with E-state index in [0.29, 0.717) is 45.2 Å². The summed E-state index contributed by atoms with van der Waals surface area (Å²) in [6.45, 7) is 4.62. The van der Waals surface area contributed by atoms with Gasteiger partial charge in [0.1, 0.15) is 11.9 Å². The molecule has 3 aliphatic rings. The molecular weight excluding hydrogens is 455 g/mol. The summed E-state index contributed by atoms with van der Waals surface area (Å²) in [5, 5.41) is 33.8. The van der Waals surface area contributed by atoms with E-state index in [4.69, 9.17) is 4.74 Å². The zero-order valence-electron chi connectivity index (χ0n) is 20.5. The maximum atomic E-state index is 13.5. The molecule has 1 aromatic rings. The zero-order valence-corrected chi connectivity index (χ0v) is 20.5. The molecule has 8 nitrogen and oxygen atoms in total. The van der Waals surface area contributed by atoms with Crippen LogP contribution in [0.25, 0.3) is 0 Å². The fraction of sp³-hybridized carbons (Fsp3) is 0.692. The summed E-state index contributed by atoms with van der Waals surface area (Å²) in [7, 11) is 0. The van der Waals surface area contributed by atoms with Gasteiger partial charge in [0.15, 0.2) is 0 Å². The number of fused-ring (bicyclic) bond motifs is 1. The lowest BCUT2D eigenvalue weighted by Gasteiger charge is -2.60. The average Bonchev–Trinajstić information content (AvgIpc) is 3.24. The maximum Gasteiger partial charge on any atom is 0.411 e. The van der Waals surface area contributed by atoms with Crippen molar-refractivity contribution in [3.8, 4) is 0 Å². The monoisotopic (exact) mass is 492 g/mol. The standard InChI is InChI=1S/C26H37FN2O6/c1-25-10-8-22(35-24(34)28-17-5-3-4-16(27)12-17)26(2,15-30)21(25)7-6-20(32)19(25)13-23(33)29-11-9-18(31)14-29/h3-5,12,18-22,30-32H,6-11,13-15H2,1-2H3,(H,28,34)/t18-,19-,20-,21?,22-,25+,26+/m1/s1. The van der Waals surface area contributed by atoms with Crippen molar-refractivity contribution in [2.24, 2.45) is 22.7 Å². The van der Waals surface area contributed by atoms with Crippen LogP contribution in [0.15, 0.2) is 24.3 Å². The van der Waals surface area contributed by atoms with Crippen LogP contribution in [0.5, 0.6) is 0 Å². The number of aliphatic hydroxyl groups excluding tert-OH is 3. The summed E-state index contributed by atoms with van der Waals surface area (Å²) in [5.41, 5.74) is -0.910. The molecule has 4 N–H and O–H groups in total. The summed E-state index contributed by atoms with van der Waals surface area (Å²) in [5.74, 6) is -0.905. The highest BCUT2D eigenvalue weighted by Gasteiger charge is 2.60. The normalized spacial score (nSPS) is 37.0. The van der Waals surface area contributed by atoms with E-state index < -0.39 is 41.1 Å². The first-order valence-electron chi connectivity index (χ1n) is 12.5. The number of rotatable bonds is 5. The largest absolute Gasteiger partial charge is 0.445 e. The Labute approximate surface area is 205 Å². The van der Waals surface area contributed by atoms with E-state index in [2.05, 4.69) is 12.2 Å². The summed E-state index contributed by atoms with van der Waals surface area (Å²) in [6, 6.07) is 5.54. The number of nitrogens with one attached hydrogen (secondary N) is 1. The summed E-state index contributed by atoms with van der Waals surface area (Å²) < 4.78 is 19.2. The molecule has 7 atom stereocenters. The van der Waals surface area contributed by atoms with Crippen molar-refractivity contribution in [2.45, 2.75) is 70.7 Å². The highest BCUT2D eigenvalue weighted by Crippen LogP contribution is 2.61. The van der Waals surface area contributed by atoms with Crippen LogP contribution in [-0.4, -0.2) is 70.2 Å². The number of likely N-dealkylation sites (tertiary alicyclic amines) is 1. The van der Waals surface area contributed by atoms with Crippen LogP contribution in [-0.2, 0) is 9.53 Å². The molecule has 4 rings (SSSR count). The van der Waals surface area contributed by atoms with E-state index in [-0.39, 0.29) is 36.5 Å². The van der Waals surface area contributed by atoms with Gasteiger partial charge in [-0.05, 0) is 67.6 Å². The van der Waals surface area contributed by atoms with Gasteiger partial charge in [0.05, 0.1) is 18.8 Å². The number of amides is 2. The molecule has 2 aliphatic carbocycles. The number of carbonyl (C=O) groups is 2. The number of ether oxygens (including phenoxy) is 1. The van der Waals surface area contributed by atoms with Gasteiger partial charge < -0.3 is 25.0 Å². The molecule has 194 valence electrons. The van der Waals surface area contributed by atoms with E-state index in [9.17, 15) is 29.3 Å². The number of hydrogen-bond acceptors (Lipinski definition) is 6. The van der Waals surface area contributed by atoms with Gasteiger partial charge in [0, 0.05) is 30.6 Å². The summed E-state index contributed by atoms with van der Waals surface area (Å²) in [4.78, 5) is 27.3. The fourth-order valence-electron chi connectivity index (χ4n) is 6.91. The van der Waals surface area contributed by atoms with Gasteiger partial charge in [0.2, 0.25) is 5.91 Å². The first-order chi connectivity index (χ1) is 16.6. The number of β-amino-alcohol motifs (C(OH)–C–C–N with tert-alkyl or cyclic N) is 1. The third-order valence-electron chi connectivity index (χ3n) is 8.91. The van der Waals surface area contributed by atoms with Gasteiger partial charge in [-0.3, -0.25) is 10.1 Å². The van der Waals surface area contributed by atoms with Crippen molar-refractivity contribution < 1.29 is 34.0 Å². The highest BCUT2D eigenvalue weighted by molar-refractivity contribution is 5.84. The van der Waals surface area contributed by atoms with E-state index in [1.807, 2.05) is 6.92 Å². The Bertz CT molecular complexity index is 946. The molecule has 1 saturated heterocycles. The number of hydrogen-bond donors (Lipinski definition) is 4. The molecule has 0 bridgehead atoms. The third kappa shape index (κ3) is 5.04. The molecule has 1 aromatic carbocycles. The minimum absolute atomic E-state index is 0.0639. The lowest BCUT2D eigenvalue weighted by Crippen LogP contribution is -2.61. The topological polar surface area (TPSA) is 119 Å². The lowest BCUT2D eigenvalue weighted by atomic mass is 9.46. The Hall–Kier alpha value is -2.23. The SMILES string of the molecule is C[C@]1(CO)C2CC[C@@H](O)[C@@H](CC(=O)N3CC[C@@H](O)C3)[C@]2(C)CC[C@H]1OC(=O)Nc1cccc(F)c1. The van der Waals surface area contributed by atoms with Crippen molar-refractivity contribution in [2.75, 3.05) is 25.0 Å². The van der Waals surface area contributed by atoms with Crippen LogP contribution in [0.2, 0.25) is 0 Å². The number of benzene rings is 1. The zero-order chi connectivity index (χ0) is 25.4. The molecule has 1 heterocycles. The second-order valence-corrected chi connectivity index (χ2v) is 11.0. The predicted octanol–water partition coefficient (Wildman–Crippen LogP) is 2.91. The quantitative estimate of drug-likeness (QED) is 0.502. The van der Waals surface area contributed by atoms with Gasteiger partial charge in [-0.2, -0.15) is 0 Å². The van der Waals surface area contributed by atoms with Crippen molar-refractivity contribution in [3.05, 3.63) is 30.1 Å². The number of aliphatic hydroxyl groups is 3. The first kappa shape index (κ1) is 25.9. The minimum Gasteiger partial charge on any atom is -0.445 e. The first-order valence-corrected chi connectivity index (χ1v) is 12.5. The molecule has 1 unspecified atom stereocenters. The molecule has 35 heavy (non-hydrogen) atoms. The lowest BCUT2D eigenvalue weighted by molar-refractivity contribution is -0.186. The van der Waals surface area contributed by atoms with Gasteiger partial charge in [0.25, 0.3) is 0 Å². The second-order valence-electron chi connectivity index (χ2n) is 11.0.